The van der Waals surface area contributed by atoms with Crippen molar-refractivity contribution in [3.8, 4) is 5.75 Å². The van der Waals surface area contributed by atoms with Crippen molar-refractivity contribution >= 4 is 40.5 Å². The molecule has 0 bridgehead atoms. The molecule has 286 valence electrons. The molecule has 3 aromatic heterocycles. The molecule has 16 nitrogen and oxygen atoms in total. The maximum atomic E-state index is 14.3. The van der Waals surface area contributed by atoms with Crippen LogP contribution in [0.2, 0.25) is 0 Å². The SMILES string of the molecule is CCc1c(N2CCN(C(=O)c3nc(N4CCOCC4)ncc3O)CC2)c(=O)n2nc(C3=CCOCC3)nc2n1CC(=O)Nc1ccc(C(F)(F)F)cc1C. The molecule has 7 rings (SSSR count). The molecule has 19 heteroatoms. The minimum absolute atomic E-state index is 0.121. The highest BCUT2D eigenvalue weighted by atomic mass is 19.4. The van der Waals surface area contributed by atoms with Crippen LogP contribution in [0.25, 0.3) is 11.4 Å². The Kier molecular flexibility index (Phi) is 10.3. The maximum Gasteiger partial charge on any atom is 0.416 e. The normalized spacial score (nSPS) is 16.8. The Labute approximate surface area is 306 Å². The highest BCUT2D eigenvalue weighted by molar-refractivity contribution is 5.95. The molecule has 0 spiro atoms. The van der Waals surface area contributed by atoms with Gasteiger partial charge in [-0.1, -0.05) is 13.0 Å². The van der Waals surface area contributed by atoms with Crippen LogP contribution in [0.5, 0.6) is 5.75 Å². The molecular weight excluding hydrogens is 713 g/mol. The number of hydrogen-bond donors (Lipinski definition) is 2. The number of ether oxygens (including phenoxy) is 2. The lowest BCUT2D eigenvalue weighted by Gasteiger charge is -2.36. The summed E-state index contributed by atoms with van der Waals surface area (Å²) in [6.45, 7) is 6.76. The zero-order valence-electron chi connectivity index (χ0n) is 29.7. The van der Waals surface area contributed by atoms with Crippen molar-refractivity contribution < 1.29 is 37.3 Å². The van der Waals surface area contributed by atoms with E-state index in [1.54, 1.807) is 9.47 Å². The number of anilines is 3. The molecule has 0 radical (unpaired) electrons. The predicted molar refractivity (Wildman–Crippen MR) is 190 cm³/mol. The first kappa shape index (κ1) is 36.8. The molecule has 0 atom stereocenters. The van der Waals surface area contributed by atoms with Gasteiger partial charge in [0.15, 0.2) is 17.3 Å². The van der Waals surface area contributed by atoms with Crippen LogP contribution in [0, 0.1) is 6.92 Å². The minimum atomic E-state index is -4.53. The van der Waals surface area contributed by atoms with E-state index in [0.717, 1.165) is 17.7 Å². The Balaban J connectivity index is 1.18. The number of carbonyl (C=O) groups is 2. The monoisotopic (exact) mass is 752 g/mol. The van der Waals surface area contributed by atoms with E-state index < -0.39 is 29.1 Å². The zero-order chi connectivity index (χ0) is 38.1. The van der Waals surface area contributed by atoms with Crippen LogP contribution in [-0.4, -0.2) is 117 Å². The molecule has 4 aromatic rings. The van der Waals surface area contributed by atoms with E-state index in [1.807, 2.05) is 22.8 Å². The number of nitrogens with zero attached hydrogens (tertiary/aromatic N) is 9. The molecule has 2 amide bonds. The van der Waals surface area contributed by atoms with Crippen LogP contribution in [-0.2, 0) is 33.4 Å². The highest BCUT2D eigenvalue weighted by Gasteiger charge is 2.32. The molecule has 3 aliphatic rings. The standard InChI is InChI=1S/C35H39F3N10O6/c1-3-25-29(44-8-10-45(11-9-44)31(51)28-26(49)19-39-33(41-28)46-12-16-54-17-13-46)32(52)48-34(42-30(43-48)22-6-14-53-15-7-22)47(25)20-27(50)40-24-5-4-23(18-21(24)2)35(36,37)38/h4-6,18-19,49H,3,7-17,20H2,1-2H3,(H,40,50). The zero-order valence-corrected chi connectivity index (χ0v) is 29.7. The van der Waals surface area contributed by atoms with E-state index in [-0.39, 0.29) is 66.9 Å². The fourth-order valence-electron chi connectivity index (χ4n) is 6.83. The summed E-state index contributed by atoms with van der Waals surface area (Å²) < 4.78 is 53.5. The fourth-order valence-corrected chi connectivity index (χ4v) is 6.83. The van der Waals surface area contributed by atoms with Gasteiger partial charge in [-0.15, -0.1) is 5.10 Å². The molecule has 2 saturated heterocycles. The number of rotatable bonds is 8. The molecule has 0 unspecified atom stereocenters. The van der Waals surface area contributed by atoms with Gasteiger partial charge in [-0.05, 0) is 49.1 Å². The average Bonchev–Trinajstić information content (AvgIpc) is 3.63. The number of aromatic nitrogens is 6. The lowest BCUT2D eigenvalue weighted by Crippen LogP contribution is -2.51. The third-order valence-corrected chi connectivity index (χ3v) is 9.68. The number of fused-ring (bicyclic) bond motifs is 1. The van der Waals surface area contributed by atoms with E-state index >= 15 is 0 Å². The van der Waals surface area contributed by atoms with Crippen LogP contribution >= 0.6 is 0 Å². The number of aromatic hydroxyl groups is 1. The lowest BCUT2D eigenvalue weighted by atomic mass is 10.1. The molecule has 6 heterocycles. The van der Waals surface area contributed by atoms with E-state index in [9.17, 15) is 32.7 Å². The summed E-state index contributed by atoms with van der Waals surface area (Å²) in [6.07, 6.45) is -0.646. The molecule has 2 N–H and O–H groups in total. The van der Waals surface area contributed by atoms with Gasteiger partial charge in [-0.2, -0.15) is 22.7 Å². The first-order valence-electron chi connectivity index (χ1n) is 17.6. The summed E-state index contributed by atoms with van der Waals surface area (Å²) in [6, 6.07) is 3.08. The molecule has 3 aliphatic heterocycles. The number of alkyl halides is 3. The van der Waals surface area contributed by atoms with Crippen LogP contribution in [0.15, 0.2) is 35.3 Å². The third kappa shape index (κ3) is 7.32. The van der Waals surface area contributed by atoms with Crippen molar-refractivity contribution in [2.45, 2.75) is 39.4 Å². The largest absolute Gasteiger partial charge is 0.504 e. The van der Waals surface area contributed by atoms with Crippen LogP contribution in [0.4, 0.5) is 30.5 Å². The minimum Gasteiger partial charge on any atom is -0.504 e. The van der Waals surface area contributed by atoms with Crippen molar-refractivity contribution in [2.75, 3.05) is 80.8 Å². The number of morpholine rings is 1. The number of amides is 2. The number of carbonyl (C=O) groups excluding carboxylic acids is 2. The van der Waals surface area contributed by atoms with E-state index in [0.29, 0.717) is 69.8 Å². The van der Waals surface area contributed by atoms with Crippen LogP contribution < -0.4 is 20.7 Å². The van der Waals surface area contributed by atoms with Crippen molar-refractivity contribution in [1.82, 2.24) is 34.0 Å². The molecule has 54 heavy (non-hydrogen) atoms. The Hall–Kier alpha value is -5.56. The fraction of sp³-hybridized carbons (Fsp3) is 0.457. The van der Waals surface area contributed by atoms with Gasteiger partial charge in [0.05, 0.1) is 43.9 Å². The van der Waals surface area contributed by atoms with Crippen molar-refractivity contribution in [3.05, 3.63) is 69.2 Å². The molecule has 0 aliphatic carbocycles. The number of aryl methyl sites for hydroxylation is 1. The summed E-state index contributed by atoms with van der Waals surface area (Å²) in [5, 5.41) is 17.8. The lowest BCUT2D eigenvalue weighted by molar-refractivity contribution is -0.137. The van der Waals surface area contributed by atoms with E-state index in [2.05, 4.69) is 20.4 Å². The quantitative estimate of drug-likeness (QED) is 0.270. The van der Waals surface area contributed by atoms with Crippen molar-refractivity contribution in [3.63, 3.8) is 0 Å². The van der Waals surface area contributed by atoms with E-state index in [4.69, 9.17) is 14.5 Å². The first-order chi connectivity index (χ1) is 25.9. The highest BCUT2D eigenvalue weighted by Crippen LogP contribution is 2.32. The second-order valence-electron chi connectivity index (χ2n) is 13.1. The number of nitrogens with one attached hydrogen (secondary N) is 1. The maximum absolute atomic E-state index is 14.3. The summed E-state index contributed by atoms with van der Waals surface area (Å²) >= 11 is 0. The molecule has 0 saturated carbocycles. The molecule has 2 fully saturated rings. The van der Waals surface area contributed by atoms with Crippen molar-refractivity contribution in [1.29, 1.82) is 0 Å². The van der Waals surface area contributed by atoms with Crippen LogP contribution in [0.1, 0.15) is 46.5 Å². The number of hydrogen-bond acceptors (Lipinski definition) is 12. The summed E-state index contributed by atoms with van der Waals surface area (Å²) in [7, 11) is 0. The number of benzene rings is 1. The van der Waals surface area contributed by atoms with Gasteiger partial charge >= 0.3 is 6.18 Å². The summed E-state index contributed by atoms with van der Waals surface area (Å²) in [5.41, 5.74) is 0.614. The third-order valence-electron chi connectivity index (χ3n) is 9.68. The van der Waals surface area contributed by atoms with Gasteiger partial charge in [-0.25, -0.2) is 9.97 Å². The Bertz CT molecular complexity index is 2170. The smallest absolute Gasteiger partial charge is 0.416 e. The topological polar surface area (TPSA) is 173 Å². The van der Waals surface area contributed by atoms with Gasteiger partial charge in [-0.3, -0.25) is 14.4 Å². The van der Waals surface area contributed by atoms with Gasteiger partial charge in [0.25, 0.3) is 11.5 Å². The van der Waals surface area contributed by atoms with Crippen molar-refractivity contribution in [2.24, 2.45) is 0 Å². The van der Waals surface area contributed by atoms with Gasteiger partial charge < -0.3 is 39.2 Å². The average molecular weight is 753 g/mol. The van der Waals surface area contributed by atoms with E-state index in [1.165, 1.54) is 23.7 Å². The van der Waals surface area contributed by atoms with Crippen LogP contribution in [0.3, 0.4) is 0 Å². The summed E-state index contributed by atoms with van der Waals surface area (Å²) in [4.78, 5) is 60.1. The molecular formula is C35H39F3N10O6. The number of halogens is 3. The second-order valence-corrected chi connectivity index (χ2v) is 13.1. The molecule has 1 aromatic carbocycles. The Morgan fingerprint density at radius 1 is 1.00 bits per heavy atom. The van der Waals surface area contributed by atoms with Gasteiger partial charge in [0.2, 0.25) is 17.6 Å². The summed E-state index contributed by atoms with van der Waals surface area (Å²) in [5.74, 6) is -0.595. The van der Waals surface area contributed by atoms with Gasteiger partial charge in [0, 0.05) is 45.0 Å². The predicted octanol–water partition coefficient (Wildman–Crippen LogP) is 2.52. The Morgan fingerprint density at radius 3 is 2.43 bits per heavy atom. The Morgan fingerprint density at radius 2 is 1.76 bits per heavy atom. The second kappa shape index (κ2) is 15.1. The van der Waals surface area contributed by atoms with Gasteiger partial charge in [0.1, 0.15) is 12.2 Å². The number of piperazine rings is 1. The first-order valence-corrected chi connectivity index (χ1v) is 17.6.